The van der Waals surface area contributed by atoms with Crippen LogP contribution in [-0.4, -0.2) is 31.6 Å². The molecule has 1 aromatic rings. The summed E-state index contributed by atoms with van der Waals surface area (Å²) < 4.78 is 10.9. The molecule has 1 aromatic carbocycles. The summed E-state index contributed by atoms with van der Waals surface area (Å²) in [6, 6.07) is 6.85. The van der Waals surface area contributed by atoms with Crippen LogP contribution in [0.5, 0.6) is 0 Å². The number of ether oxygens (including phenoxy) is 2. The highest BCUT2D eigenvalue weighted by molar-refractivity contribution is 5.89. The van der Waals surface area contributed by atoms with Gasteiger partial charge in [-0.2, -0.15) is 0 Å². The van der Waals surface area contributed by atoms with Gasteiger partial charge in [0.1, 0.15) is 0 Å². The van der Waals surface area contributed by atoms with Crippen molar-refractivity contribution in [3.05, 3.63) is 29.8 Å². The minimum absolute atomic E-state index is 0.277. The van der Waals surface area contributed by atoms with Gasteiger partial charge in [-0.1, -0.05) is 12.0 Å². The molecule has 0 radical (unpaired) electrons. The van der Waals surface area contributed by atoms with Crippen LogP contribution >= 0.6 is 0 Å². The van der Waals surface area contributed by atoms with Gasteiger partial charge in [0.25, 0.3) is 0 Å². The number of terminal acetylenes is 1. The van der Waals surface area contributed by atoms with Crippen molar-refractivity contribution in [2.24, 2.45) is 0 Å². The van der Waals surface area contributed by atoms with Crippen LogP contribution in [0, 0.1) is 12.3 Å². The monoisotopic (exact) mass is 274 g/mol. The predicted octanol–water partition coefficient (Wildman–Crippen LogP) is 1.94. The molecule has 0 spiro atoms. The van der Waals surface area contributed by atoms with Gasteiger partial charge in [-0.25, -0.2) is 4.79 Å². The zero-order valence-corrected chi connectivity index (χ0v) is 11.4. The lowest BCUT2D eigenvalue weighted by atomic mass is 10.2. The van der Waals surface area contributed by atoms with Crippen molar-refractivity contribution in [1.29, 1.82) is 0 Å². The van der Waals surface area contributed by atoms with E-state index in [1.54, 1.807) is 24.3 Å². The number of nitrogens with one attached hydrogen (secondary N) is 2. The number of benzene rings is 1. The largest absolute Gasteiger partial charge is 0.348 e. The molecule has 0 unspecified atom stereocenters. The molecule has 2 rings (SSSR count). The summed E-state index contributed by atoms with van der Waals surface area (Å²) in [5.41, 5.74) is 1.39. The molecule has 0 aliphatic carbocycles. The molecule has 106 valence electrons. The molecule has 20 heavy (non-hydrogen) atoms. The summed E-state index contributed by atoms with van der Waals surface area (Å²) in [4.78, 5) is 11.7. The quantitative estimate of drug-likeness (QED) is 0.825. The Bertz CT molecular complexity index is 516. The van der Waals surface area contributed by atoms with Crippen LogP contribution in [-0.2, 0) is 9.47 Å². The zero-order chi connectivity index (χ0) is 14.4. The summed E-state index contributed by atoms with van der Waals surface area (Å²) in [6.45, 7) is 3.54. The SMILES string of the molecule is C#Cc1cccc(NC(=O)NCCC2(C)OCCO2)c1. The van der Waals surface area contributed by atoms with Gasteiger partial charge in [0.05, 0.1) is 13.2 Å². The van der Waals surface area contributed by atoms with E-state index in [-0.39, 0.29) is 6.03 Å². The number of carbonyl (C=O) groups excluding carboxylic acids is 1. The van der Waals surface area contributed by atoms with E-state index >= 15 is 0 Å². The van der Waals surface area contributed by atoms with E-state index in [9.17, 15) is 4.79 Å². The molecule has 1 heterocycles. The maximum atomic E-state index is 11.7. The Morgan fingerprint density at radius 3 is 2.90 bits per heavy atom. The lowest BCUT2D eigenvalue weighted by molar-refractivity contribution is -0.145. The number of amides is 2. The fraction of sp³-hybridized carbons (Fsp3) is 0.400. The summed E-state index contributed by atoms with van der Waals surface area (Å²) in [5.74, 6) is 1.93. The van der Waals surface area contributed by atoms with E-state index in [1.807, 2.05) is 6.92 Å². The van der Waals surface area contributed by atoms with Crippen LogP contribution in [0.4, 0.5) is 10.5 Å². The second-order valence-electron chi connectivity index (χ2n) is 4.69. The molecule has 0 atom stereocenters. The fourth-order valence-corrected chi connectivity index (χ4v) is 1.97. The van der Waals surface area contributed by atoms with Crippen LogP contribution in [0.3, 0.4) is 0 Å². The first-order chi connectivity index (χ1) is 9.61. The summed E-state index contributed by atoms with van der Waals surface area (Å²) >= 11 is 0. The van der Waals surface area contributed by atoms with Crippen molar-refractivity contribution in [1.82, 2.24) is 5.32 Å². The molecule has 0 saturated carbocycles. The van der Waals surface area contributed by atoms with Gasteiger partial charge >= 0.3 is 6.03 Å². The molecule has 1 aliphatic rings. The first kappa shape index (κ1) is 14.4. The van der Waals surface area contributed by atoms with Crippen LogP contribution in [0.25, 0.3) is 0 Å². The number of carbonyl (C=O) groups is 1. The van der Waals surface area contributed by atoms with Crippen molar-refractivity contribution in [2.75, 3.05) is 25.1 Å². The zero-order valence-electron chi connectivity index (χ0n) is 11.4. The van der Waals surface area contributed by atoms with Gasteiger partial charge in [0.15, 0.2) is 5.79 Å². The van der Waals surface area contributed by atoms with E-state index < -0.39 is 5.79 Å². The second kappa shape index (κ2) is 6.42. The summed E-state index contributed by atoms with van der Waals surface area (Å²) in [7, 11) is 0. The Kier molecular flexibility index (Phi) is 4.61. The van der Waals surface area contributed by atoms with Crippen molar-refractivity contribution in [2.45, 2.75) is 19.1 Å². The van der Waals surface area contributed by atoms with Crippen molar-refractivity contribution >= 4 is 11.7 Å². The van der Waals surface area contributed by atoms with Gasteiger partial charge in [-0.05, 0) is 25.1 Å². The molecule has 1 fully saturated rings. The highest BCUT2D eigenvalue weighted by Gasteiger charge is 2.30. The molecular weight excluding hydrogens is 256 g/mol. The molecule has 1 aliphatic heterocycles. The third-order valence-electron chi connectivity index (χ3n) is 3.05. The van der Waals surface area contributed by atoms with E-state index in [0.717, 1.165) is 5.56 Å². The molecular formula is C15H18N2O3. The third kappa shape index (κ3) is 3.98. The van der Waals surface area contributed by atoms with E-state index in [0.29, 0.717) is 31.9 Å². The lowest BCUT2D eigenvalue weighted by Crippen LogP contribution is -2.35. The van der Waals surface area contributed by atoms with Crippen LogP contribution in [0.1, 0.15) is 18.9 Å². The Morgan fingerprint density at radius 1 is 1.45 bits per heavy atom. The molecule has 5 heteroatoms. The average Bonchev–Trinajstić information content (AvgIpc) is 2.86. The fourth-order valence-electron chi connectivity index (χ4n) is 1.97. The van der Waals surface area contributed by atoms with Crippen molar-refractivity contribution < 1.29 is 14.3 Å². The molecule has 0 aromatic heterocycles. The van der Waals surface area contributed by atoms with Crippen LogP contribution in [0.15, 0.2) is 24.3 Å². The standard InChI is InChI=1S/C15H18N2O3/c1-3-12-5-4-6-13(11-12)17-14(18)16-8-7-15(2)19-9-10-20-15/h1,4-6,11H,7-10H2,2H3,(H2,16,17,18). The molecule has 1 saturated heterocycles. The minimum Gasteiger partial charge on any atom is -0.348 e. The first-order valence-corrected chi connectivity index (χ1v) is 6.51. The number of hydrogen-bond donors (Lipinski definition) is 2. The van der Waals surface area contributed by atoms with Crippen molar-refractivity contribution in [3.63, 3.8) is 0 Å². The maximum absolute atomic E-state index is 11.7. The average molecular weight is 274 g/mol. The third-order valence-corrected chi connectivity index (χ3v) is 3.05. The van der Waals surface area contributed by atoms with Gasteiger partial charge in [-0.3, -0.25) is 0 Å². The van der Waals surface area contributed by atoms with Crippen molar-refractivity contribution in [3.8, 4) is 12.3 Å². The molecule has 2 N–H and O–H groups in total. The highest BCUT2D eigenvalue weighted by Crippen LogP contribution is 2.21. The number of anilines is 1. The molecule has 2 amide bonds. The molecule has 0 bridgehead atoms. The van der Waals surface area contributed by atoms with Gasteiger partial charge in [0.2, 0.25) is 0 Å². The second-order valence-corrected chi connectivity index (χ2v) is 4.69. The summed E-state index contributed by atoms with van der Waals surface area (Å²) in [5, 5.41) is 5.49. The first-order valence-electron chi connectivity index (χ1n) is 6.51. The van der Waals surface area contributed by atoms with E-state index in [4.69, 9.17) is 15.9 Å². The van der Waals surface area contributed by atoms with E-state index in [2.05, 4.69) is 16.6 Å². The lowest BCUT2D eigenvalue weighted by Gasteiger charge is -2.22. The Balaban J connectivity index is 1.76. The highest BCUT2D eigenvalue weighted by atomic mass is 16.7. The predicted molar refractivity (Wildman–Crippen MR) is 76.3 cm³/mol. The maximum Gasteiger partial charge on any atom is 0.319 e. The normalized spacial score (nSPS) is 16.4. The number of urea groups is 1. The van der Waals surface area contributed by atoms with Gasteiger partial charge in [-0.15, -0.1) is 6.42 Å². The van der Waals surface area contributed by atoms with Gasteiger partial charge < -0.3 is 20.1 Å². The topological polar surface area (TPSA) is 59.6 Å². The summed E-state index contributed by atoms with van der Waals surface area (Å²) in [6.07, 6.45) is 5.91. The Morgan fingerprint density at radius 2 is 2.20 bits per heavy atom. The minimum atomic E-state index is -0.587. The number of rotatable bonds is 4. The number of hydrogen-bond acceptors (Lipinski definition) is 3. The Labute approximate surface area is 118 Å². The Hall–Kier alpha value is -2.03. The van der Waals surface area contributed by atoms with Gasteiger partial charge in [0, 0.05) is 24.2 Å². The van der Waals surface area contributed by atoms with Crippen LogP contribution < -0.4 is 10.6 Å². The smallest absolute Gasteiger partial charge is 0.319 e. The van der Waals surface area contributed by atoms with E-state index in [1.165, 1.54) is 0 Å². The van der Waals surface area contributed by atoms with Crippen LogP contribution in [0.2, 0.25) is 0 Å². The molecule has 5 nitrogen and oxygen atoms in total.